The third-order valence-corrected chi connectivity index (χ3v) is 1.77. The van der Waals surface area contributed by atoms with Crippen molar-refractivity contribution in [3.8, 4) is 0 Å². The van der Waals surface area contributed by atoms with Crippen molar-refractivity contribution < 1.29 is 9.84 Å². The van der Waals surface area contributed by atoms with Crippen molar-refractivity contribution in [1.29, 1.82) is 0 Å². The molecular weight excluding hydrogens is 184 g/mol. The number of aromatic nitrogens is 3. The van der Waals surface area contributed by atoms with Crippen LogP contribution in [-0.4, -0.2) is 46.5 Å². The first-order chi connectivity index (χ1) is 6.84. The summed E-state index contributed by atoms with van der Waals surface area (Å²) in [6.45, 7) is 2.56. The molecular formula is C8H16N4O2. The Hall–Kier alpha value is -0.980. The molecule has 0 aromatic carbocycles. The van der Waals surface area contributed by atoms with Crippen molar-refractivity contribution in [2.45, 2.75) is 6.54 Å². The molecule has 0 radical (unpaired) electrons. The molecule has 0 fully saturated rings. The second kappa shape index (κ2) is 6.47. The van der Waals surface area contributed by atoms with E-state index in [1.165, 1.54) is 0 Å². The summed E-state index contributed by atoms with van der Waals surface area (Å²) in [5.74, 6) is 0. The van der Waals surface area contributed by atoms with Crippen LogP contribution in [0.4, 0.5) is 0 Å². The molecule has 0 atom stereocenters. The molecule has 0 bridgehead atoms. The number of rotatable bonds is 7. The minimum absolute atomic E-state index is 0.0751. The van der Waals surface area contributed by atoms with E-state index in [4.69, 9.17) is 9.84 Å². The number of aryl methyl sites for hydroxylation is 1. The summed E-state index contributed by atoms with van der Waals surface area (Å²) in [4.78, 5) is 0. The first kappa shape index (κ1) is 11.1. The lowest BCUT2D eigenvalue weighted by Gasteiger charge is -2.04. The second-order valence-electron chi connectivity index (χ2n) is 2.86. The van der Waals surface area contributed by atoms with E-state index in [9.17, 15) is 0 Å². The third-order valence-electron chi connectivity index (χ3n) is 1.77. The summed E-state index contributed by atoms with van der Waals surface area (Å²) in [5, 5.41) is 19.2. The summed E-state index contributed by atoms with van der Waals surface area (Å²) in [7, 11) is 1.85. The predicted molar refractivity (Wildman–Crippen MR) is 50.6 cm³/mol. The zero-order valence-corrected chi connectivity index (χ0v) is 8.31. The Labute approximate surface area is 82.9 Å². The van der Waals surface area contributed by atoms with Gasteiger partial charge in [0, 0.05) is 20.1 Å². The molecule has 14 heavy (non-hydrogen) atoms. The highest BCUT2D eigenvalue weighted by Gasteiger charge is 1.97. The van der Waals surface area contributed by atoms with E-state index in [1.54, 1.807) is 10.9 Å². The molecule has 1 heterocycles. The highest BCUT2D eigenvalue weighted by Crippen LogP contribution is 1.90. The number of aliphatic hydroxyl groups excluding tert-OH is 1. The van der Waals surface area contributed by atoms with Crippen molar-refractivity contribution in [2.24, 2.45) is 7.05 Å². The molecule has 0 unspecified atom stereocenters. The van der Waals surface area contributed by atoms with Crippen LogP contribution in [0.1, 0.15) is 5.69 Å². The maximum atomic E-state index is 8.44. The second-order valence-corrected chi connectivity index (χ2v) is 2.86. The van der Waals surface area contributed by atoms with Crippen LogP contribution in [0.2, 0.25) is 0 Å². The summed E-state index contributed by atoms with van der Waals surface area (Å²) >= 11 is 0. The molecule has 6 heteroatoms. The van der Waals surface area contributed by atoms with E-state index < -0.39 is 0 Å². The van der Waals surface area contributed by atoms with Gasteiger partial charge < -0.3 is 15.2 Å². The van der Waals surface area contributed by atoms with E-state index in [0.29, 0.717) is 13.2 Å². The minimum Gasteiger partial charge on any atom is -0.394 e. The summed E-state index contributed by atoms with van der Waals surface area (Å²) in [6, 6.07) is 0. The fourth-order valence-corrected chi connectivity index (χ4v) is 0.998. The lowest BCUT2D eigenvalue weighted by Crippen LogP contribution is -2.21. The largest absolute Gasteiger partial charge is 0.394 e. The van der Waals surface area contributed by atoms with Gasteiger partial charge in [-0.15, -0.1) is 5.10 Å². The average molecular weight is 200 g/mol. The van der Waals surface area contributed by atoms with E-state index in [-0.39, 0.29) is 6.61 Å². The van der Waals surface area contributed by atoms with Gasteiger partial charge in [-0.25, -0.2) is 0 Å². The van der Waals surface area contributed by atoms with Gasteiger partial charge in [0.25, 0.3) is 0 Å². The molecule has 0 aliphatic carbocycles. The Bertz CT molecular complexity index is 251. The van der Waals surface area contributed by atoms with Crippen LogP contribution in [0, 0.1) is 0 Å². The van der Waals surface area contributed by atoms with E-state index >= 15 is 0 Å². The van der Waals surface area contributed by atoms with Crippen molar-refractivity contribution in [3.05, 3.63) is 11.9 Å². The Morgan fingerprint density at radius 3 is 3.07 bits per heavy atom. The topological polar surface area (TPSA) is 72.2 Å². The van der Waals surface area contributed by atoms with Gasteiger partial charge in [-0.2, -0.15) is 0 Å². The lowest BCUT2D eigenvalue weighted by molar-refractivity contribution is 0.0937. The first-order valence-corrected chi connectivity index (χ1v) is 4.57. The molecule has 0 aliphatic rings. The van der Waals surface area contributed by atoms with Gasteiger partial charge in [-0.3, -0.25) is 4.68 Å². The number of nitrogens with zero attached hydrogens (tertiary/aromatic N) is 3. The normalized spacial score (nSPS) is 10.7. The van der Waals surface area contributed by atoms with Crippen LogP contribution in [0.15, 0.2) is 6.20 Å². The minimum atomic E-state index is 0.0751. The highest BCUT2D eigenvalue weighted by atomic mass is 16.5. The molecule has 0 spiro atoms. The van der Waals surface area contributed by atoms with Crippen LogP contribution in [0.25, 0.3) is 0 Å². The van der Waals surface area contributed by atoms with Crippen LogP contribution in [-0.2, 0) is 18.3 Å². The molecule has 6 nitrogen and oxygen atoms in total. The highest BCUT2D eigenvalue weighted by molar-refractivity contribution is 4.91. The Morgan fingerprint density at radius 1 is 1.57 bits per heavy atom. The van der Waals surface area contributed by atoms with Crippen LogP contribution in [0.3, 0.4) is 0 Å². The van der Waals surface area contributed by atoms with Gasteiger partial charge in [0.05, 0.1) is 31.7 Å². The monoisotopic (exact) mass is 200 g/mol. The van der Waals surface area contributed by atoms with Gasteiger partial charge in [0.15, 0.2) is 0 Å². The van der Waals surface area contributed by atoms with Crippen molar-refractivity contribution in [3.63, 3.8) is 0 Å². The van der Waals surface area contributed by atoms with Gasteiger partial charge in [-0.1, -0.05) is 5.21 Å². The number of hydrogen-bond acceptors (Lipinski definition) is 5. The third kappa shape index (κ3) is 3.82. The number of hydrogen-bond donors (Lipinski definition) is 2. The molecule has 0 aliphatic heterocycles. The summed E-state index contributed by atoms with van der Waals surface area (Å²) in [6.07, 6.45) is 1.72. The molecule has 1 rings (SSSR count). The average Bonchev–Trinajstić information content (AvgIpc) is 2.58. The first-order valence-electron chi connectivity index (χ1n) is 4.57. The van der Waals surface area contributed by atoms with Crippen molar-refractivity contribution in [1.82, 2.24) is 20.3 Å². The maximum Gasteiger partial charge on any atom is 0.0738 e. The van der Waals surface area contributed by atoms with Gasteiger partial charge in [-0.05, 0) is 0 Å². The number of ether oxygens (including phenoxy) is 1. The number of aliphatic hydroxyl groups is 1. The van der Waals surface area contributed by atoms with E-state index in [1.807, 2.05) is 7.05 Å². The lowest BCUT2D eigenvalue weighted by atomic mass is 10.4. The van der Waals surface area contributed by atoms with Gasteiger partial charge in [0.1, 0.15) is 0 Å². The van der Waals surface area contributed by atoms with E-state index in [0.717, 1.165) is 18.8 Å². The summed E-state index contributed by atoms with van der Waals surface area (Å²) < 4.78 is 6.81. The molecule has 0 amide bonds. The number of nitrogens with one attached hydrogen (secondary N) is 1. The molecule has 1 aromatic heterocycles. The zero-order valence-electron chi connectivity index (χ0n) is 8.31. The van der Waals surface area contributed by atoms with Crippen molar-refractivity contribution in [2.75, 3.05) is 26.4 Å². The fraction of sp³-hybridized carbons (Fsp3) is 0.750. The molecule has 0 saturated carbocycles. The molecule has 0 saturated heterocycles. The Kier molecular flexibility index (Phi) is 5.13. The van der Waals surface area contributed by atoms with Crippen LogP contribution < -0.4 is 5.32 Å². The predicted octanol–water partition coefficient (Wildman–Crippen LogP) is -1.09. The van der Waals surface area contributed by atoms with Crippen LogP contribution >= 0.6 is 0 Å². The van der Waals surface area contributed by atoms with Gasteiger partial charge >= 0.3 is 0 Å². The van der Waals surface area contributed by atoms with Crippen LogP contribution in [0.5, 0.6) is 0 Å². The van der Waals surface area contributed by atoms with Crippen molar-refractivity contribution >= 4 is 0 Å². The Morgan fingerprint density at radius 2 is 2.43 bits per heavy atom. The SMILES string of the molecule is Cn1nncc1CNCCOCCO. The smallest absolute Gasteiger partial charge is 0.0738 e. The molecule has 1 aromatic rings. The molecule has 2 N–H and O–H groups in total. The summed E-state index contributed by atoms with van der Waals surface area (Å²) in [5.41, 5.74) is 1.03. The molecule has 80 valence electrons. The fourth-order valence-electron chi connectivity index (χ4n) is 0.998. The van der Waals surface area contributed by atoms with Gasteiger partial charge in [0.2, 0.25) is 0 Å². The quantitative estimate of drug-likeness (QED) is 0.547. The standard InChI is InChI=1S/C8H16N4O2/c1-12-8(7-10-11-12)6-9-2-4-14-5-3-13/h7,9,13H,2-6H2,1H3. The van der Waals surface area contributed by atoms with E-state index in [2.05, 4.69) is 15.6 Å². The maximum absolute atomic E-state index is 8.44. The Balaban J connectivity index is 2.02. The zero-order chi connectivity index (χ0) is 10.2.